The van der Waals surface area contributed by atoms with Crippen LogP contribution < -0.4 is 4.74 Å². The highest BCUT2D eigenvalue weighted by atomic mass is 35.5. The van der Waals surface area contributed by atoms with Crippen molar-refractivity contribution in [3.8, 4) is 5.75 Å². The maximum absolute atomic E-state index is 13.6. The van der Waals surface area contributed by atoms with Gasteiger partial charge in [0.15, 0.2) is 11.6 Å². The average molecular weight is 341 g/mol. The number of aromatic nitrogens is 2. The number of para-hydroxylation sites is 1. The van der Waals surface area contributed by atoms with Gasteiger partial charge in [0.2, 0.25) is 0 Å². The smallest absolute Gasteiger partial charge is 0.165 e. The molecule has 0 atom stereocenters. The van der Waals surface area contributed by atoms with E-state index in [9.17, 15) is 4.39 Å². The number of rotatable bonds is 3. The van der Waals surface area contributed by atoms with Crippen molar-refractivity contribution in [3.63, 3.8) is 0 Å². The SMILES string of the molecule is COc1cc(Cn2ccc3c(Cl)nc4ccccc4c32)ccc1F. The van der Waals surface area contributed by atoms with Gasteiger partial charge in [-0.15, -0.1) is 0 Å². The molecular weight excluding hydrogens is 327 g/mol. The second-order valence-corrected chi connectivity index (χ2v) is 5.95. The Balaban J connectivity index is 1.88. The number of nitrogens with zero attached hydrogens (tertiary/aromatic N) is 2. The Morgan fingerprint density at radius 1 is 1.12 bits per heavy atom. The summed E-state index contributed by atoms with van der Waals surface area (Å²) in [6.07, 6.45) is 1.97. The summed E-state index contributed by atoms with van der Waals surface area (Å²) in [4.78, 5) is 4.45. The molecule has 0 radical (unpaired) electrons. The zero-order valence-corrected chi connectivity index (χ0v) is 13.7. The molecule has 0 aliphatic carbocycles. The second kappa shape index (κ2) is 5.80. The Hall–Kier alpha value is -2.59. The van der Waals surface area contributed by atoms with Crippen LogP contribution in [-0.2, 0) is 6.54 Å². The lowest BCUT2D eigenvalue weighted by atomic mass is 10.1. The fraction of sp³-hybridized carbons (Fsp3) is 0.105. The molecule has 2 aromatic heterocycles. The zero-order valence-electron chi connectivity index (χ0n) is 13.0. The Labute approximate surface area is 143 Å². The van der Waals surface area contributed by atoms with E-state index in [2.05, 4.69) is 9.55 Å². The van der Waals surface area contributed by atoms with Crippen LogP contribution in [-0.4, -0.2) is 16.7 Å². The van der Waals surface area contributed by atoms with Gasteiger partial charge >= 0.3 is 0 Å². The van der Waals surface area contributed by atoms with Gasteiger partial charge in [0.1, 0.15) is 5.15 Å². The number of fused-ring (bicyclic) bond motifs is 3. The van der Waals surface area contributed by atoms with E-state index in [-0.39, 0.29) is 11.6 Å². The highest BCUT2D eigenvalue weighted by molar-refractivity contribution is 6.35. The number of hydrogen-bond donors (Lipinski definition) is 0. The standard InChI is InChI=1S/C19H14ClFN2O/c1-24-17-10-12(6-7-15(17)21)11-23-9-8-14-18(23)13-4-2-3-5-16(13)22-19(14)20/h2-10H,11H2,1H3. The molecule has 0 saturated heterocycles. The zero-order chi connectivity index (χ0) is 16.7. The molecule has 0 aliphatic heterocycles. The van der Waals surface area contributed by atoms with Crippen LogP contribution in [0.3, 0.4) is 0 Å². The van der Waals surface area contributed by atoms with Gasteiger partial charge in [0.05, 0.1) is 18.1 Å². The Morgan fingerprint density at radius 2 is 1.96 bits per heavy atom. The summed E-state index contributed by atoms with van der Waals surface area (Å²) in [5.74, 6) is -0.121. The van der Waals surface area contributed by atoms with Gasteiger partial charge in [-0.05, 0) is 29.8 Å². The first-order valence-electron chi connectivity index (χ1n) is 7.53. The summed E-state index contributed by atoms with van der Waals surface area (Å²) in [5, 5.41) is 2.43. The summed E-state index contributed by atoms with van der Waals surface area (Å²) < 4.78 is 20.8. The molecule has 5 heteroatoms. The third-order valence-corrected chi connectivity index (χ3v) is 4.42. The van der Waals surface area contributed by atoms with Crippen molar-refractivity contribution >= 4 is 33.4 Å². The Morgan fingerprint density at radius 3 is 2.79 bits per heavy atom. The summed E-state index contributed by atoms with van der Waals surface area (Å²) in [6.45, 7) is 0.588. The molecule has 4 aromatic rings. The number of pyridine rings is 1. The Kier molecular flexibility index (Phi) is 3.62. The van der Waals surface area contributed by atoms with Gasteiger partial charge in [-0.1, -0.05) is 35.9 Å². The molecule has 0 spiro atoms. The molecular formula is C19H14ClFN2O. The number of ether oxygens (including phenoxy) is 1. The lowest BCUT2D eigenvalue weighted by molar-refractivity contribution is 0.386. The van der Waals surface area contributed by atoms with Gasteiger partial charge in [-0.3, -0.25) is 0 Å². The molecule has 0 aliphatic rings. The Bertz CT molecular complexity index is 1060. The highest BCUT2D eigenvalue weighted by Crippen LogP contribution is 2.31. The van der Waals surface area contributed by atoms with E-state index in [1.807, 2.05) is 36.5 Å². The third-order valence-electron chi connectivity index (χ3n) is 4.13. The first-order chi connectivity index (χ1) is 11.7. The third kappa shape index (κ3) is 2.39. The van der Waals surface area contributed by atoms with Crippen LogP contribution in [0.4, 0.5) is 4.39 Å². The van der Waals surface area contributed by atoms with E-state index in [0.29, 0.717) is 11.7 Å². The van der Waals surface area contributed by atoms with Crippen molar-refractivity contribution in [2.45, 2.75) is 6.54 Å². The highest BCUT2D eigenvalue weighted by Gasteiger charge is 2.12. The molecule has 0 amide bonds. The van der Waals surface area contributed by atoms with Crippen LogP contribution in [0.2, 0.25) is 5.15 Å². The first kappa shape index (κ1) is 15.0. The average Bonchev–Trinajstić information content (AvgIpc) is 3.01. The fourth-order valence-corrected chi connectivity index (χ4v) is 3.25. The minimum absolute atomic E-state index is 0.244. The van der Waals surface area contributed by atoms with Crippen LogP contribution in [0.1, 0.15) is 5.56 Å². The summed E-state index contributed by atoms with van der Waals surface area (Å²) >= 11 is 6.33. The van der Waals surface area contributed by atoms with Crippen molar-refractivity contribution in [3.05, 3.63) is 71.3 Å². The number of hydrogen-bond acceptors (Lipinski definition) is 2. The van der Waals surface area contributed by atoms with Crippen molar-refractivity contribution < 1.29 is 9.13 Å². The molecule has 0 bridgehead atoms. The normalized spacial score (nSPS) is 11.3. The van der Waals surface area contributed by atoms with Gasteiger partial charge in [-0.2, -0.15) is 0 Å². The predicted octanol–water partition coefficient (Wildman–Crippen LogP) is 5.04. The fourth-order valence-electron chi connectivity index (χ4n) is 3.01. The summed E-state index contributed by atoms with van der Waals surface area (Å²) in [6, 6.07) is 14.7. The molecule has 4 rings (SSSR count). The van der Waals surface area contributed by atoms with Crippen molar-refractivity contribution in [1.82, 2.24) is 9.55 Å². The van der Waals surface area contributed by atoms with E-state index in [1.54, 1.807) is 12.1 Å². The minimum atomic E-state index is -0.365. The van der Waals surface area contributed by atoms with Crippen LogP contribution in [0.15, 0.2) is 54.7 Å². The summed E-state index contributed by atoms with van der Waals surface area (Å²) in [5.41, 5.74) is 2.82. The molecule has 2 aromatic carbocycles. The van der Waals surface area contributed by atoms with Gasteiger partial charge in [-0.25, -0.2) is 9.37 Å². The van der Waals surface area contributed by atoms with E-state index in [4.69, 9.17) is 16.3 Å². The molecule has 0 fully saturated rings. The van der Waals surface area contributed by atoms with Crippen LogP contribution in [0.25, 0.3) is 21.8 Å². The van der Waals surface area contributed by atoms with Crippen molar-refractivity contribution in [2.24, 2.45) is 0 Å². The first-order valence-corrected chi connectivity index (χ1v) is 7.90. The van der Waals surface area contributed by atoms with Gasteiger partial charge in [0.25, 0.3) is 0 Å². The van der Waals surface area contributed by atoms with E-state index < -0.39 is 0 Å². The molecule has 2 heterocycles. The predicted molar refractivity (Wildman–Crippen MR) is 94.3 cm³/mol. The maximum Gasteiger partial charge on any atom is 0.165 e. The van der Waals surface area contributed by atoms with Crippen molar-refractivity contribution in [2.75, 3.05) is 7.11 Å². The quantitative estimate of drug-likeness (QED) is 0.489. The number of methoxy groups -OCH3 is 1. The molecule has 0 unspecified atom stereocenters. The van der Waals surface area contributed by atoms with E-state index in [0.717, 1.165) is 27.4 Å². The number of halogens is 2. The summed E-state index contributed by atoms with van der Waals surface area (Å²) in [7, 11) is 1.46. The molecule has 0 N–H and O–H groups in total. The largest absolute Gasteiger partial charge is 0.494 e. The second-order valence-electron chi connectivity index (χ2n) is 5.59. The van der Waals surface area contributed by atoms with Crippen molar-refractivity contribution in [1.29, 1.82) is 0 Å². The molecule has 24 heavy (non-hydrogen) atoms. The van der Waals surface area contributed by atoms with Crippen LogP contribution in [0.5, 0.6) is 5.75 Å². The number of benzene rings is 2. The van der Waals surface area contributed by atoms with Crippen LogP contribution >= 0.6 is 11.6 Å². The van der Waals surface area contributed by atoms with E-state index >= 15 is 0 Å². The van der Waals surface area contributed by atoms with Gasteiger partial charge < -0.3 is 9.30 Å². The monoisotopic (exact) mass is 340 g/mol. The minimum Gasteiger partial charge on any atom is -0.494 e. The molecule has 0 saturated carbocycles. The van der Waals surface area contributed by atoms with Gasteiger partial charge in [0, 0.05) is 23.5 Å². The lowest BCUT2D eigenvalue weighted by Crippen LogP contribution is -2.00. The molecule has 3 nitrogen and oxygen atoms in total. The lowest BCUT2D eigenvalue weighted by Gasteiger charge is -2.10. The topological polar surface area (TPSA) is 27.1 Å². The molecule has 120 valence electrons. The van der Waals surface area contributed by atoms with E-state index in [1.165, 1.54) is 13.2 Å². The van der Waals surface area contributed by atoms with Crippen LogP contribution in [0, 0.1) is 5.82 Å². The maximum atomic E-state index is 13.6.